The van der Waals surface area contributed by atoms with Gasteiger partial charge >= 0.3 is 5.97 Å². The van der Waals surface area contributed by atoms with Crippen molar-refractivity contribution in [3.8, 4) is 6.07 Å². The van der Waals surface area contributed by atoms with Gasteiger partial charge in [-0.3, -0.25) is 4.79 Å². The van der Waals surface area contributed by atoms with Gasteiger partial charge in [0.05, 0.1) is 12.7 Å². The Bertz CT molecular complexity index is 1700. The molecule has 0 aliphatic rings. The van der Waals surface area contributed by atoms with Crippen LogP contribution in [-0.2, 0) is 16.1 Å². The van der Waals surface area contributed by atoms with Gasteiger partial charge in [-0.25, -0.2) is 4.79 Å². The minimum absolute atomic E-state index is 0.0230. The highest BCUT2D eigenvalue weighted by Gasteiger charge is 2.14. The number of nitriles is 1. The van der Waals surface area contributed by atoms with Crippen molar-refractivity contribution >= 4 is 45.3 Å². The number of carbonyl (C=O) groups excluding carboxylic acids is 2. The number of ether oxygens (including phenoxy) is 1. The fraction of sp³-hybridized carbons (Fsp3) is 0.0645. The molecule has 0 aliphatic carbocycles. The van der Waals surface area contributed by atoms with Crippen molar-refractivity contribution in [1.82, 2.24) is 4.57 Å². The normalized spacial score (nSPS) is 11.3. The topological polar surface area (TPSA) is 84.1 Å². The molecule has 0 bridgehead atoms. The number of esters is 1. The molecular formula is C31H23N3O3. The number of para-hydroxylation sites is 1. The number of anilines is 1. The van der Waals surface area contributed by atoms with Crippen LogP contribution in [0.25, 0.3) is 27.8 Å². The molecule has 0 radical (unpaired) electrons. The summed E-state index contributed by atoms with van der Waals surface area (Å²) >= 11 is 0. The summed E-state index contributed by atoms with van der Waals surface area (Å²) in [5.74, 6) is -0.991. The Morgan fingerprint density at radius 3 is 2.38 bits per heavy atom. The van der Waals surface area contributed by atoms with Gasteiger partial charge < -0.3 is 14.6 Å². The molecule has 1 heterocycles. The molecule has 5 aromatic rings. The Hall–Kier alpha value is -5.15. The van der Waals surface area contributed by atoms with Crippen LogP contribution in [0.5, 0.6) is 0 Å². The van der Waals surface area contributed by atoms with E-state index in [1.54, 1.807) is 30.3 Å². The van der Waals surface area contributed by atoms with E-state index in [4.69, 9.17) is 4.74 Å². The van der Waals surface area contributed by atoms with Gasteiger partial charge in [-0.1, -0.05) is 60.7 Å². The largest absolute Gasteiger partial charge is 0.465 e. The van der Waals surface area contributed by atoms with Crippen molar-refractivity contribution in [1.29, 1.82) is 5.26 Å². The third kappa shape index (κ3) is 4.84. The average Bonchev–Trinajstić information content (AvgIpc) is 3.28. The SMILES string of the molecule is COC(=O)c1ccc(NC(=O)/C(C#N)=C/c2cn(Cc3cccc4ccccc34)c3ccccc23)cc1. The first kappa shape index (κ1) is 23.6. The standard InChI is InChI=1S/C31H23N3O3/c1-37-31(36)22-13-15-26(16-14-22)33-30(35)24(18-32)17-25-20-34(29-12-5-4-11-28(25)29)19-23-9-6-8-21-7-2-3-10-27(21)23/h2-17,20H,19H2,1H3,(H,33,35)/b24-17+. The molecule has 5 rings (SSSR count). The number of carbonyl (C=O) groups is 2. The van der Waals surface area contributed by atoms with E-state index in [9.17, 15) is 14.9 Å². The molecule has 1 aromatic heterocycles. The molecule has 0 unspecified atom stereocenters. The summed E-state index contributed by atoms with van der Waals surface area (Å²) in [6.45, 7) is 0.649. The zero-order valence-corrected chi connectivity index (χ0v) is 20.1. The first-order chi connectivity index (χ1) is 18.1. The van der Waals surface area contributed by atoms with Crippen molar-refractivity contribution < 1.29 is 14.3 Å². The number of nitrogens with one attached hydrogen (secondary N) is 1. The number of fused-ring (bicyclic) bond motifs is 2. The highest BCUT2D eigenvalue weighted by Crippen LogP contribution is 2.27. The van der Waals surface area contributed by atoms with E-state index in [2.05, 4.69) is 40.2 Å². The summed E-state index contributed by atoms with van der Waals surface area (Å²) in [5, 5.41) is 15.8. The molecule has 6 heteroatoms. The molecule has 37 heavy (non-hydrogen) atoms. The monoisotopic (exact) mass is 485 g/mol. The van der Waals surface area contributed by atoms with Crippen LogP contribution in [0.4, 0.5) is 5.69 Å². The lowest BCUT2D eigenvalue weighted by Gasteiger charge is -2.09. The summed E-state index contributed by atoms with van der Waals surface area (Å²) < 4.78 is 6.83. The summed E-state index contributed by atoms with van der Waals surface area (Å²) in [6.07, 6.45) is 3.59. The predicted molar refractivity (Wildman–Crippen MR) is 145 cm³/mol. The third-order valence-electron chi connectivity index (χ3n) is 6.27. The predicted octanol–water partition coefficient (Wildman–Crippen LogP) is 6.18. The summed E-state index contributed by atoms with van der Waals surface area (Å²) in [5.41, 5.74) is 3.79. The number of rotatable bonds is 6. The van der Waals surface area contributed by atoms with Crippen LogP contribution >= 0.6 is 0 Å². The fourth-order valence-corrected chi connectivity index (χ4v) is 4.44. The maximum atomic E-state index is 12.9. The molecule has 6 nitrogen and oxygen atoms in total. The van der Waals surface area contributed by atoms with E-state index in [0.29, 0.717) is 17.8 Å². The molecule has 1 N–H and O–H groups in total. The zero-order chi connectivity index (χ0) is 25.8. The van der Waals surface area contributed by atoms with Crippen LogP contribution < -0.4 is 5.32 Å². The smallest absolute Gasteiger partial charge is 0.337 e. The van der Waals surface area contributed by atoms with E-state index >= 15 is 0 Å². The van der Waals surface area contributed by atoms with Crippen LogP contribution in [0.3, 0.4) is 0 Å². The van der Waals surface area contributed by atoms with Crippen molar-refractivity contribution in [3.05, 3.63) is 119 Å². The molecule has 4 aromatic carbocycles. The van der Waals surface area contributed by atoms with Gasteiger partial charge in [-0.15, -0.1) is 0 Å². The van der Waals surface area contributed by atoms with Crippen molar-refractivity contribution in [2.75, 3.05) is 12.4 Å². The zero-order valence-electron chi connectivity index (χ0n) is 20.1. The first-order valence-electron chi connectivity index (χ1n) is 11.7. The average molecular weight is 486 g/mol. The number of hydrogen-bond donors (Lipinski definition) is 1. The molecule has 0 saturated carbocycles. The number of hydrogen-bond acceptors (Lipinski definition) is 4. The minimum Gasteiger partial charge on any atom is -0.465 e. The van der Waals surface area contributed by atoms with Gasteiger partial charge in [-0.05, 0) is 52.7 Å². The number of benzene rings is 4. The van der Waals surface area contributed by atoms with Crippen molar-refractivity contribution in [3.63, 3.8) is 0 Å². The quantitative estimate of drug-likeness (QED) is 0.177. The van der Waals surface area contributed by atoms with Crippen LogP contribution in [0.15, 0.2) is 103 Å². The number of methoxy groups -OCH3 is 1. The summed E-state index contributed by atoms with van der Waals surface area (Å²) in [7, 11) is 1.31. The van der Waals surface area contributed by atoms with E-state index in [1.807, 2.05) is 48.7 Å². The maximum Gasteiger partial charge on any atom is 0.337 e. The van der Waals surface area contributed by atoms with Gasteiger partial charge in [0.25, 0.3) is 5.91 Å². The molecule has 180 valence electrons. The summed E-state index contributed by atoms with van der Waals surface area (Å²) in [4.78, 5) is 24.5. The van der Waals surface area contributed by atoms with E-state index in [0.717, 1.165) is 16.5 Å². The maximum absolute atomic E-state index is 12.9. The Balaban J connectivity index is 1.46. The van der Waals surface area contributed by atoms with Crippen LogP contribution in [0.1, 0.15) is 21.5 Å². The molecule has 0 aliphatic heterocycles. The number of nitrogens with zero attached hydrogens (tertiary/aromatic N) is 2. The Kier molecular flexibility index (Phi) is 6.52. The first-order valence-corrected chi connectivity index (χ1v) is 11.7. The Labute approximate surface area is 214 Å². The lowest BCUT2D eigenvalue weighted by molar-refractivity contribution is -0.112. The minimum atomic E-state index is -0.529. The number of amides is 1. The van der Waals surface area contributed by atoms with Gasteiger partial charge in [0.1, 0.15) is 11.6 Å². The Morgan fingerprint density at radius 2 is 1.62 bits per heavy atom. The van der Waals surface area contributed by atoms with Crippen molar-refractivity contribution in [2.24, 2.45) is 0 Å². The lowest BCUT2D eigenvalue weighted by Crippen LogP contribution is -2.13. The molecule has 1 amide bonds. The number of aromatic nitrogens is 1. The Morgan fingerprint density at radius 1 is 0.919 bits per heavy atom. The van der Waals surface area contributed by atoms with Gasteiger partial charge in [0.15, 0.2) is 0 Å². The van der Waals surface area contributed by atoms with E-state index in [-0.39, 0.29) is 5.57 Å². The second kappa shape index (κ2) is 10.2. The van der Waals surface area contributed by atoms with Crippen LogP contribution in [0.2, 0.25) is 0 Å². The second-order valence-electron chi connectivity index (χ2n) is 8.56. The van der Waals surface area contributed by atoms with E-state index in [1.165, 1.54) is 23.4 Å². The highest BCUT2D eigenvalue weighted by atomic mass is 16.5. The lowest BCUT2D eigenvalue weighted by atomic mass is 10.0. The highest BCUT2D eigenvalue weighted by molar-refractivity contribution is 6.11. The molecule has 0 fully saturated rings. The fourth-order valence-electron chi connectivity index (χ4n) is 4.44. The molecule has 0 spiro atoms. The third-order valence-corrected chi connectivity index (χ3v) is 6.27. The molecular weight excluding hydrogens is 462 g/mol. The summed E-state index contributed by atoms with van der Waals surface area (Å²) in [6, 6.07) is 30.8. The van der Waals surface area contributed by atoms with Crippen LogP contribution in [-0.4, -0.2) is 23.6 Å². The van der Waals surface area contributed by atoms with Gasteiger partial charge in [-0.2, -0.15) is 5.26 Å². The van der Waals surface area contributed by atoms with Gasteiger partial charge in [0, 0.05) is 34.9 Å². The van der Waals surface area contributed by atoms with Crippen molar-refractivity contribution in [2.45, 2.75) is 6.54 Å². The second-order valence-corrected chi connectivity index (χ2v) is 8.56. The molecule has 0 atom stereocenters. The molecule has 0 saturated heterocycles. The van der Waals surface area contributed by atoms with Crippen LogP contribution in [0, 0.1) is 11.3 Å². The van der Waals surface area contributed by atoms with Gasteiger partial charge in [0.2, 0.25) is 0 Å². The van der Waals surface area contributed by atoms with E-state index < -0.39 is 11.9 Å².